The molecular formula is C13H23N3. The predicted molar refractivity (Wildman–Crippen MR) is 65.9 cm³/mol. The summed E-state index contributed by atoms with van der Waals surface area (Å²) in [6, 6.07) is 0. The maximum Gasteiger partial charge on any atom is 0.0540 e. The number of rotatable bonds is 2. The first kappa shape index (κ1) is 11.6. The lowest BCUT2D eigenvalue weighted by molar-refractivity contribution is 0.177. The first-order chi connectivity index (χ1) is 7.55. The molecule has 2 N–H and O–H groups in total. The quantitative estimate of drug-likeness (QED) is 0.834. The fourth-order valence-electron chi connectivity index (χ4n) is 2.70. The van der Waals surface area contributed by atoms with E-state index in [1.165, 1.54) is 12.0 Å². The third-order valence-corrected chi connectivity index (χ3v) is 4.24. The molecule has 0 aliphatic heterocycles. The molecule has 2 rings (SSSR count). The molecule has 0 radical (unpaired) electrons. The lowest BCUT2D eigenvalue weighted by atomic mass is 9.69. The van der Waals surface area contributed by atoms with Crippen molar-refractivity contribution in [3.05, 3.63) is 18.0 Å². The summed E-state index contributed by atoms with van der Waals surface area (Å²) < 4.78 is 1.96. The van der Waals surface area contributed by atoms with E-state index in [1.54, 1.807) is 0 Å². The van der Waals surface area contributed by atoms with Gasteiger partial charge in [0.25, 0.3) is 0 Å². The van der Waals surface area contributed by atoms with E-state index in [0.717, 1.165) is 25.3 Å². The van der Waals surface area contributed by atoms with Crippen molar-refractivity contribution in [2.75, 3.05) is 0 Å². The first-order valence-corrected chi connectivity index (χ1v) is 6.37. The van der Waals surface area contributed by atoms with Crippen LogP contribution < -0.4 is 5.73 Å². The van der Waals surface area contributed by atoms with E-state index < -0.39 is 0 Å². The van der Waals surface area contributed by atoms with Gasteiger partial charge < -0.3 is 5.73 Å². The Morgan fingerprint density at radius 3 is 2.81 bits per heavy atom. The van der Waals surface area contributed by atoms with Gasteiger partial charge in [-0.25, -0.2) is 0 Å². The Labute approximate surface area is 98.0 Å². The van der Waals surface area contributed by atoms with E-state index in [9.17, 15) is 0 Å². The van der Waals surface area contributed by atoms with Crippen LogP contribution >= 0.6 is 0 Å². The van der Waals surface area contributed by atoms with Crippen LogP contribution in [0.4, 0.5) is 0 Å². The van der Waals surface area contributed by atoms with Gasteiger partial charge in [0.1, 0.15) is 0 Å². The maximum absolute atomic E-state index is 6.55. The third-order valence-electron chi connectivity index (χ3n) is 4.24. The number of aromatic nitrogens is 2. The molecular weight excluding hydrogens is 198 g/mol. The van der Waals surface area contributed by atoms with E-state index >= 15 is 0 Å². The van der Waals surface area contributed by atoms with Gasteiger partial charge in [0, 0.05) is 23.8 Å². The average molecular weight is 221 g/mol. The summed E-state index contributed by atoms with van der Waals surface area (Å²) in [4.78, 5) is 0. The summed E-state index contributed by atoms with van der Waals surface area (Å²) in [5.74, 6) is 1.52. The Kier molecular flexibility index (Phi) is 3.06. The highest BCUT2D eigenvalue weighted by Crippen LogP contribution is 2.40. The number of hydrogen-bond donors (Lipinski definition) is 1. The van der Waals surface area contributed by atoms with E-state index in [-0.39, 0.29) is 5.54 Å². The second kappa shape index (κ2) is 4.21. The minimum absolute atomic E-state index is 0.140. The number of nitrogens with two attached hydrogens (primary N) is 1. The fraction of sp³-hybridized carbons (Fsp3) is 0.769. The molecule has 0 bridgehead atoms. The van der Waals surface area contributed by atoms with Crippen LogP contribution in [0.25, 0.3) is 0 Å². The number of nitrogens with zero attached hydrogens (tertiary/aromatic N) is 2. The largest absolute Gasteiger partial charge is 0.321 e. The van der Waals surface area contributed by atoms with E-state index in [2.05, 4.69) is 32.1 Å². The monoisotopic (exact) mass is 221 g/mol. The van der Waals surface area contributed by atoms with E-state index in [0.29, 0.717) is 5.92 Å². The van der Waals surface area contributed by atoms with E-state index in [1.807, 2.05) is 10.9 Å². The zero-order valence-corrected chi connectivity index (χ0v) is 10.6. The van der Waals surface area contributed by atoms with Gasteiger partial charge in [-0.3, -0.25) is 4.68 Å². The zero-order valence-electron chi connectivity index (χ0n) is 10.6. The van der Waals surface area contributed by atoms with Gasteiger partial charge in [-0.2, -0.15) is 5.10 Å². The highest BCUT2D eigenvalue weighted by Gasteiger charge is 2.36. The molecule has 1 aromatic rings. The molecule has 1 fully saturated rings. The van der Waals surface area contributed by atoms with Crippen LogP contribution in [0, 0.1) is 11.8 Å². The summed E-state index contributed by atoms with van der Waals surface area (Å²) in [6.45, 7) is 7.67. The van der Waals surface area contributed by atoms with Crippen molar-refractivity contribution < 1.29 is 0 Å². The molecule has 3 atom stereocenters. The fourth-order valence-corrected chi connectivity index (χ4v) is 2.70. The molecule has 0 saturated heterocycles. The van der Waals surface area contributed by atoms with Crippen molar-refractivity contribution >= 4 is 0 Å². The lowest BCUT2D eigenvalue weighted by Gasteiger charge is -2.39. The minimum Gasteiger partial charge on any atom is -0.321 e. The highest BCUT2D eigenvalue weighted by atomic mass is 15.3. The van der Waals surface area contributed by atoms with Gasteiger partial charge in [-0.15, -0.1) is 0 Å². The van der Waals surface area contributed by atoms with E-state index in [4.69, 9.17) is 5.73 Å². The summed E-state index contributed by atoms with van der Waals surface area (Å²) in [5.41, 5.74) is 7.62. The van der Waals surface area contributed by atoms with Gasteiger partial charge >= 0.3 is 0 Å². The smallest absolute Gasteiger partial charge is 0.0540 e. The third kappa shape index (κ3) is 2.01. The van der Waals surface area contributed by atoms with Gasteiger partial charge in [-0.05, 0) is 38.0 Å². The molecule has 1 heterocycles. The SMILES string of the molecule is CCn1cc(C2(N)CCC(C)C(C)C2)cn1. The molecule has 16 heavy (non-hydrogen) atoms. The van der Waals surface area contributed by atoms with Crippen molar-refractivity contribution in [1.82, 2.24) is 9.78 Å². The molecule has 0 amide bonds. The molecule has 90 valence electrons. The van der Waals surface area contributed by atoms with Crippen LogP contribution in [0.5, 0.6) is 0 Å². The molecule has 1 saturated carbocycles. The summed E-state index contributed by atoms with van der Waals surface area (Å²) in [7, 11) is 0. The Morgan fingerprint density at radius 1 is 1.50 bits per heavy atom. The first-order valence-electron chi connectivity index (χ1n) is 6.37. The van der Waals surface area contributed by atoms with Crippen molar-refractivity contribution in [3.8, 4) is 0 Å². The van der Waals surface area contributed by atoms with Crippen LogP contribution in [0.15, 0.2) is 12.4 Å². The van der Waals surface area contributed by atoms with Crippen molar-refractivity contribution in [2.24, 2.45) is 17.6 Å². The zero-order chi connectivity index (χ0) is 11.8. The van der Waals surface area contributed by atoms with Crippen LogP contribution in [0.2, 0.25) is 0 Å². The summed E-state index contributed by atoms with van der Waals surface area (Å²) in [5, 5.41) is 4.34. The van der Waals surface area contributed by atoms with Crippen molar-refractivity contribution in [3.63, 3.8) is 0 Å². The molecule has 3 unspecified atom stereocenters. The van der Waals surface area contributed by atoms with Gasteiger partial charge in [0.2, 0.25) is 0 Å². The molecule has 3 nitrogen and oxygen atoms in total. The normalized spacial score (nSPS) is 35.2. The van der Waals surface area contributed by atoms with Gasteiger partial charge in [0.05, 0.1) is 6.20 Å². The van der Waals surface area contributed by atoms with Crippen LogP contribution in [-0.2, 0) is 12.1 Å². The molecule has 1 aromatic heterocycles. The average Bonchev–Trinajstić information content (AvgIpc) is 2.73. The van der Waals surface area contributed by atoms with Crippen LogP contribution in [0.1, 0.15) is 45.6 Å². The molecule has 1 aliphatic rings. The minimum atomic E-state index is -0.140. The standard InChI is InChI=1S/C13H23N3/c1-4-16-9-12(8-15-16)13(14)6-5-10(2)11(3)7-13/h8-11H,4-7,14H2,1-3H3. The predicted octanol–water partition coefficient (Wildman–Crippen LogP) is 2.51. The van der Waals surface area contributed by atoms with Crippen molar-refractivity contribution in [1.29, 1.82) is 0 Å². The molecule has 3 heteroatoms. The van der Waals surface area contributed by atoms with Crippen LogP contribution in [-0.4, -0.2) is 9.78 Å². The maximum atomic E-state index is 6.55. The Hall–Kier alpha value is -0.830. The molecule has 0 spiro atoms. The summed E-state index contributed by atoms with van der Waals surface area (Å²) in [6.07, 6.45) is 7.47. The highest BCUT2D eigenvalue weighted by molar-refractivity contribution is 5.19. The molecule has 0 aromatic carbocycles. The lowest BCUT2D eigenvalue weighted by Crippen LogP contribution is -2.42. The Morgan fingerprint density at radius 2 is 2.25 bits per heavy atom. The second-order valence-electron chi connectivity index (χ2n) is 5.44. The van der Waals surface area contributed by atoms with Crippen molar-refractivity contribution in [2.45, 2.75) is 52.1 Å². The van der Waals surface area contributed by atoms with Gasteiger partial charge in [0.15, 0.2) is 0 Å². The number of aryl methyl sites for hydroxylation is 1. The Balaban J connectivity index is 2.18. The second-order valence-corrected chi connectivity index (χ2v) is 5.44. The summed E-state index contributed by atoms with van der Waals surface area (Å²) >= 11 is 0. The van der Waals surface area contributed by atoms with Gasteiger partial charge in [-0.1, -0.05) is 13.8 Å². The molecule has 1 aliphatic carbocycles. The van der Waals surface area contributed by atoms with Crippen LogP contribution in [0.3, 0.4) is 0 Å². The number of hydrogen-bond acceptors (Lipinski definition) is 2. The Bertz CT molecular complexity index is 358. The topological polar surface area (TPSA) is 43.8 Å².